The summed E-state index contributed by atoms with van der Waals surface area (Å²) in [5.74, 6) is -0.141. The third-order valence-corrected chi connectivity index (χ3v) is 3.83. The van der Waals surface area contributed by atoms with E-state index >= 15 is 0 Å². The van der Waals surface area contributed by atoms with Crippen molar-refractivity contribution in [2.24, 2.45) is 0 Å². The average Bonchev–Trinajstić information content (AvgIpc) is 2.60. The molecule has 0 radical (unpaired) electrons. The Kier molecular flexibility index (Phi) is 7.14. The fraction of sp³-hybridized carbons (Fsp3) is 0.350. The molecule has 1 aliphatic carbocycles. The zero-order valence-electron chi connectivity index (χ0n) is 14.8. The topological polar surface area (TPSA) is 101 Å². The van der Waals surface area contributed by atoms with Crippen LogP contribution in [-0.4, -0.2) is 21.2 Å². The van der Waals surface area contributed by atoms with Crippen molar-refractivity contribution in [2.45, 2.75) is 45.4 Å². The number of benzene rings is 2. The van der Waals surface area contributed by atoms with Gasteiger partial charge in [0.25, 0.3) is 0 Å². The van der Waals surface area contributed by atoms with E-state index in [0.29, 0.717) is 29.0 Å². The van der Waals surface area contributed by atoms with Crippen LogP contribution in [0.1, 0.15) is 45.4 Å². The standard InChI is InChI=1S/C12H7NO3.C8H16O2/c14-7-1-3-9-11(5-7)16-12-6-8(15)2-4-10(12)13-9;1-2-3-4-5-6-7-8(9)10/h1-6,14H;2-7H2,1H3,(H,9,10). The largest absolute Gasteiger partial charge is 0.508 e. The fourth-order valence-electron chi connectivity index (χ4n) is 2.47. The van der Waals surface area contributed by atoms with E-state index in [0.717, 1.165) is 12.8 Å². The Morgan fingerprint density at radius 1 is 1.08 bits per heavy atom. The molecule has 2 N–H and O–H groups in total. The number of carboxylic acid groups (broad SMARTS) is 1. The highest BCUT2D eigenvalue weighted by Crippen LogP contribution is 2.25. The molecule has 0 amide bonds. The molecule has 26 heavy (non-hydrogen) atoms. The van der Waals surface area contributed by atoms with Gasteiger partial charge in [-0.15, -0.1) is 0 Å². The molecule has 0 unspecified atom stereocenters. The van der Waals surface area contributed by atoms with Crippen LogP contribution in [0.5, 0.6) is 5.75 Å². The Morgan fingerprint density at radius 2 is 1.85 bits per heavy atom. The molecule has 6 heteroatoms. The third-order valence-electron chi connectivity index (χ3n) is 3.83. The van der Waals surface area contributed by atoms with E-state index in [1.807, 2.05) is 0 Å². The minimum atomic E-state index is -0.670. The summed E-state index contributed by atoms with van der Waals surface area (Å²) in [6.07, 6.45) is 5.88. The number of rotatable bonds is 6. The third kappa shape index (κ3) is 5.88. The van der Waals surface area contributed by atoms with Gasteiger partial charge in [0.1, 0.15) is 17.0 Å². The van der Waals surface area contributed by atoms with Gasteiger partial charge in [-0.05, 0) is 30.7 Å². The van der Waals surface area contributed by atoms with Crippen LogP contribution >= 0.6 is 0 Å². The van der Waals surface area contributed by atoms with Gasteiger partial charge < -0.3 is 14.6 Å². The highest BCUT2D eigenvalue weighted by molar-refractivity contribution is 5.77. The van der Waals surface area contributed by atoms with Crippen LogP contribution in [0.4, 0.5) is 0 Å². The smallest absolute Gasteiger partial charge is 0.303 e. The predicted octanol–water partition coefficient (Wildman–Crippen LogP) is 4.43. The second-order valence-electron chi connectivity index (χ2n) is 6.05. The maximum Gasteiger partial charge on any atom is 0.303 e. The number of aromatic hydroxyl groups is 1. The van der Waals surface area contributed by atoms with E-state index in [1.54, 1.807) is 18.2 Å². The summed E-state index contributed by atoms with van der Waals surface area (Å²) in [6.45, 7) is 2.15. The number of phenolic OH excluding ortho intramolecular Hbond substituents is 1. The molecule has 0 spiro atoms. The molecule has 0 saturated heterocycles. The van der Waals surface area contributed by atoms with E-state index in [9.17, 15) is 14.7 Å². The van der Waals surface area contributed by atoms with Gasteiger partial charge >= 0.3 is 5.97 Å². The van der Waals surface area contributed by atoms with Crippen molar-refractivity contribution < 1.29 is 19.4 Å². The molecule has 3 rings (SSSR count). The van der Waals surface area contributed by atoms with Gasteiger partial charge in [-0.2, -0.15) is 0 Å². The first-order valence-corrected chi connectivity index (χ1v) is 8.75. The zero-order valence-corrected chi connectivity index (χ0v) is 14.8. The second-order valence-corrected chi connectivity index (χ2v) is 6.05. The van der Waals surface area contributed by atoms with E-state index in [2.05, 4.69) is 11.9 Å². The summed E-state index contributed by atoms with van der Waals surface area (Å²) < 4.78 is 5.49. The first-order valence-electron chi connectivity index (χ1n) is 8.75. The molecule has 2 aliphatic rings. The van der Waals surface area contributed by atoms with Crippen LogP contribution in [0.3, 0.4) is 0 Å². The molecule has 0 saturated carbocycles. The minimum absolute atomic E-state index is 0.107. The molecular weight excluding hydrogens is 334 g/mol. The lowest BCUT2D eigenvalue weighted by molar-refractivity contribution is -0.137. The SMILES string of the molecule is CCCCCCCC(=O)O.O=c1ccc2nc3ccc(O)cc3oc-2c1. The van der Waals surface area contributed by atoms with Crippen LogP contribution in [0.2, 0.25) is 0 Å². The first-order chi connectivity index (χ1) is 12.5. The van der Waals surface area contributed by atoms with Crippen molar-refractivity contribution >= 4 is 17.1 Å². The Morgan fingerprint density at radius 3 is 2.58 bits per heavy atom. The number of aliphatic carboxylic acids is 1. The molecule has 1 heterocycles. The number of phenols is 1. The van der Waals surface area contributed by atoms with Crippen molar-refractivity contribution in [3.8, 4) is 17.2 Å². The van der Waals surface area contributed by atoms with Crippen molar-refractivity contribution in [3.63, 3.8) is 0 Å². The molecule has 1 aromatic rings. The van der Waals surface area contributed by atoms with Gasteiger partial charge in [0.2, 0.25) is 0 Å². The number of hydrogen-bond donors (Lipinski definition) is 2. The number of unbranched alkanes of at least 4 members (excludes halogenated alkanes) is 4. The van der Waals surface area contributed by atoms with Crippen molar-refractivity contribution in [2.75, 3.05) is 0 Å². The Hall–Kier alpha value is -2.89. The highest BCUT2D eigenvalue weighted by Gasteiger charge is 2.09. The van der Waals surface area contributed by atoms with Crippen LogP contribution in [-0.2, 0) is 4.79 Å². The van der Waals surface area contributed by atoms with Crippen LogP contribution in [0.15, 0.2) is 45.6 Å². The Bertz CT molecular complexity index is 887. The zero-order chi connectivity index (χ0) is 18.9. The summed E-state index contributed by atoms with van der Waals surface area (Å²) in [7, 11) is 0. The predicted molar refractivity (Wildman–Crippen MR) is 99.6 cm³/mol. The first kappa shape index (κ1) is 19.4. The minimum Gasteiger partial charge on any atom is -0.508 e. The number of nitrogens with zero attached hydrogens (tertiary/aromatic N) is 1. The molecule has 1 aromatic carbocycles. The summed E-state index contributed by atoms with van der Waals surface area (Å²) in [5, 5.41) is 17.6. The summed E-state index contributed by atoms with van der Waals surface area (Å²) in [6, 6.07) is 9.12. The van der Waals surface area contributed by atoms with Crippen LogP contribution in [0.25, 0.3) is 22.6 Å². The Balaban J connectivity index is 0.000000213. The van der Waals surface area contributed by atoms with Gasteiger partial charge in [0.15, 0.2) is 16.8 Å². The molecule has 0 atom stereocenters. The monoisotopic (exact) mass is 357 g/mol. The van der Waals surface area contributed by atoms with E-state index in [-0.39, 0.29) is 11.2 Å². The molecular formula is C20H23NO5. The molecule has 1 aliphatic heterocycles. The molecule has 0 aromatic heterocycles. The molecule has 138 valence electrons. The van der Waals surface area contributed by atoms with Crippen molar-refractivity contribution in [3.05, 3.63) is 46.6 Å². The van der Waals surface area contributed by atoms with Gasteiger partial charge in [-0.3, -0.25) is 9.59 Å². The normalized spacial score (nSPS) is 10.5. The maximum absolute atomic E-state index is 11.1. The number of aromatic nitrogens is 1. The van der Waals surface area contributed by atoms with Crippen molar-refractivity contribution in [1.29, 1.82) is 0 Å². The fourth-order valence-corrected chi connectivity index (χ4v) is 2.47. The lowest BCUT2D eigenvalue weighted by Crippen LogP contribution is -1.99. The van der Waals surface area contributed by atoms with Crippen LogP contribution < -0.4 is 5.43 Å². The summed E-state index contributed by atoms with van der Waals surface area (Å²) in [4.78, 5) is 25.5. The van der Waals surface area contributed by atoms with Gasteiger partial charge in [0.05, 0.1) is 0 Å². The van der Waals surface area contributed by atoms with E-state index in [4.69, 9.17) is 9.52 Å². The number of carbonyl (C=O) groups is 1. The lowest BCUT2D eigenvalue weighted by atomic mass is 10.1. The van der Waals surface area contributed by atoms with Gasteiger partial charge in [-0.25, -0.2) is 4.98 Å². The van der Waals surface area contributed by atoms with E-state index in [1.165, 1.54) is 37.5 Å². The Labute approximate surface area is 151 Å². The maximum atomic E-state index is 11.1. The summed E-state index contributed by atoms with van der Waals surface area (Å²) in [5.41, 5.74) is 1.59. The van der Waals surface area contributed by atoms with Gasteiger partial charge in [-0.1, -0.05) is 32.6 Å². The average molecular weight is 357 g/mol. The molecule has 0 bridgehead atoms. The van der Waals surface area contributed by atoms with Gasteiger partial charge in [0, 0.05) is 18.6 Å². The number of fused-ring (bicyclic) bond motifs is 2. The number of carboxylic acids is 1. The molecule has 0 fully saturated rings. The highest BCUT2D eigenvalue weighted by atomic mass is 16.4. The summed E-state index contributed by atoms with van der Waals surface area (Å²) >= 11 is 0. The quantitative estimate of drug-likeness (QED) is 0.500. The van der Waals surface area contributed by atoms with Crippen molar-refractivity contribution in [1.82, 2.24) is 4.98 Å². The molecule has 6 nitrogen and oxygen atoms in total. The second kappa shape index (κ2) is 9.56. The number of hydrogen-bond acceptors (Lipinski definition) is 5. The van der Waals surface area contributed by atoms with E-state index < -0.39 is 5.97 Å². The lowest BCUT2D eigenvalue weighted by Gasteiger charge is -2.05. The van der Waals surface area contributed by atoms with Crippen LogP contribution in [0, 0.1) is 0 Å².